The van der Waals surface area contributed by atoms with E-state index in [-0.39, 0.29) is 0 Å². The van der Waals surface area contributed by atoms with Crippen LogP contribution in [0, 0.1) is 11.8 Å². The molecule has 0 heterocycles. The SMILES string of the molecule is CC1CCCC(C)C1NCc1ccc(O)cc1. The molecule has 1 aromatic rings. The summed E-state index contributed by atoms with van der Waals surface area (Å²) in [6, 6.07) is 8.12. The van der Waals surface area contributed by atoms with Crippen LogP contribution in [0.15, 0.2) is 24.3 Å². The van der Waals surface area contributed by atoms with Crippen molar-refractivity contribution >= 4 is 0 Å². The zero-order valence-corrected chi connectivity index (χ0v) is 10.8. The van der Waals surface area contributed by atoms with Crippen LogP contribution in [0.5, 0.6) is 5.75 Å². The Hall–Kier alpha value is -1.02. The van der Waals surface area contributed by atoms with Gasteiger partial charge in [0.05, 0.1) is 0 Å². The van der Waals surface area contributed by atoms with Crippen molar-refractivity contribution in [3.63, 3.8) is 0 Å². The Morgan fingerprint density at radius 3 is 2.29 bits per heavy atom. The molecular formula is C15H23NO. The van der Waals surface area contributed by atoms with E-state index in [1.807, 2.05) is 12.1 Å². The molecule has 1 aromatic carbocycles. The Balaban J connectivity index is 1.90. The summed E-state index contributed by atoms with van der Waals surface area (Å²) in [6.07, 6.45) is 4.06. The van der Waals surface area contributed by atoms with Gasteiger partial charge in [-0.2, -0.15) is 0 Å². The summed E-state index contributed by atoms with van der Waals surface area (Å²) in [5.74, 6) is 1.89. The van der Waals surface area contributed by atoms with Gasteiger partial charge in [0.1, 0.15) is 5.75 Å². The normalized spacial score (nSPS) is 29.2. The maximum Gasteiger partial charge on any atom is 0.115 e. The minimum absolute atomic E-state index is 0.341. The van der Waals surface area contributed by atoms with Crippen LogP contribution in [0.1, 0.15) is 38.7 Å². The van der Waals surface area contributed by atoms with Gasteiger partial charge in [-0.3, -0.25) is 0 Å². The lowest BCUT2D eigenvalue weighted by Crippen LogP contribution is -2.42. The summed E-state index contributed by atoms with van der Waals surface area (Å²) < 4.78 is 0. The van der Waals surface area contributed by atoms with Crippen molar-refractivity contribution in [2.75, 3.05) is 0 Å². The Kier molecular flexibility index (Phi) is 4.06. The van der Waals surface area contributed by atoms with E-state index in [2.05, 4.69) is 19.2 Å². The molecule has 0 saturated heterocycles. The molecule has 1 fully saturated rings. The van der Waals surface area contributed by atoms with Crippen LogP contribution in [0.2, 0.25) is 0 Å². The maximum atomic E-state index is 9.24. The first-order valence-corrected chi connectivity index (χ1v) is 6.68. The van der Waals surface area contributed by atoms with Gasteiger partial charge < -0.3 is 10.4 Å². The maximum absolute atomic E-state index is 9.24. The smallest absolute Gasteiger partial charge is 0.115 e. The summed E-state index contributed by atoms with van der Waals surface area (Å²) in [7, 11) is 0. The van der Waals surface area contributed by atoms with E-state index < -0.39 is 0 Å². The highest BCUT2D eigenvalue weighted by molar-refractivity contribution is 5.25. The average Bonchev–Trinajstić information content (AvgIpc) is 2.31. The molecule has 2 N–H and O–H groups in total. The van der Waals surface area contributed by atoms with Crippen LogP contribution < -0.4 is 5.32 Å². The van der Waals surface area contributed by atoms with E-state index in [0.717, 1.165) is 18.4 Å². The predicted octanol–water partition coefficient (Wildman–Crippen LogP) is 3.31. The highest BCUT2D eigenvalue weighted by Crippen LogP contribution is 2.29. The third-order valence-corrected chi connectivity index (χ3v) is 4.02. The minimum Gasteiger partial charge on any atom is -0.508 e. The second-order valence-corrected chi connectivity index (χ2v) is 5.46. The van der Waals surface area contributed by atoms with E-state index >= 15 is 0 Å². The first kappa shape index (κ1) is 12.4. The number of benzene rings is 1. The van der Waals surface area contributed by atoms with Gasteiger partial charge in [0.2, 0.25) is 0 Å². The van der Waals surface area contributed by atoms with Crippen LogP contribution in [-0.2, 0) is 6.54 Å². The van der Waals surface area contributed by atoms with Gasteiger partial charge in [0.25, 0.3) is 0 Å². The quantitative estimate of drug-likeness (QED) is 0.839. The summed E-state index contributed by atoms with van der Waals surface area (Å²) in [5.41, 5.74) is 1.24. The zero-order chi connectivity index (χ0) is 12.3. The lowest BCUT2D eigenvalue weighted by molar-refractivity contribution is 0.207. The molecule has 2 nitrogen and oxygen atoms in total. The fraction of sp³-hybridized carbons (Fsp3) is 0.600. The van der Waals surface area contributed by atoms with Gasteiger partial charge in [-0.1, -0.05) is 32.4 Å². The largest absolute Gasteiger partial charge is 0.508 e. The molecule has 1 aliphatic rings. The number of phenolic OH excluding ortho intramolecular Hbond substituents is 1. The summed E-state index contributed by atoms with van der Waals surface area (Å²) >= 11 is 0. The third-order valence-electron chi connectivity index (χ3n) is 4.02. The average molecular weight is 233 g/mol. The topological polar surface area (TPSA) is 32.3 Å². The third kappa shape index (κ3) is 3.22. The van der Waals surface area contributed by atoms with Gasteiger partial charge in [-0.05, 0) is 42.4 Å². The second kappa shape index (κ2) is 5.54. The molecule has 2 heteroatoms. The van der Waals surface area contributed by atoms with Crippen LogP contribution >= 0.6 is 0 Å². The molecule has 0 spiro atoms. The molecule has 2 rings (SSSR count). The van der Waals surface area contributed by atoms with Crippen molar-refractivity contribution in [1.29, 1.82) is 0 Å². The van der Waals surface area contributed by atoms with Gasteiger partial charge in [-0.15, -0.1) is 0 Å². The van der Waals surface area contributed by atoms with Gasteiger partial charge in [0, 0.05) is 12.6 Å². The van der Waals surface area contributed by atoms with E-state index in [9.17, 15) is 5.11 Å². The number of nitrogens with one attached hydrogen (secondary N) is 1. The van der Waals surface area contributed by atoms with Crippen LogP contribution in [0.3, 0.4) is 0 Å². The number of hydrogen-bond donors (Lipinski definition) is 2. The molecule has 2 atom stereocenters. The van der Waals surface area contributed by atoms with E-state index in [0.29, 0.717) is 11.8 Å². The second-order valence-electron chi connectivity index (χ2n) is 5.46. The number of hydrogen-bond acceptors (Lipinski definition) is 2. The molecule has 0 amide bonds. The fourth-order valence-corrected chi connectivity index (χ4v) is 2.93. The molecule has 0 aliphatic heterocycles. The predicted molar refractivity (Wildman–Crippen MR) is 70.9 cm³/mol. The molecule has 0 radical (unpaired) electrons. The van der Waals surface area contributed by atoms with Crippen molar-refractivity contribution in [3.8, 4) is 5.75 Å². The van der Waals surface area contributed by atoms with Crippen molar-refractivity contribution in [3.05, 3.63) is 29.8 Å². The van der Waals surface area contributed by atoms with Crippen molar-refractivity contribution in [2.45, 2.75) is 45.7 Å². The standard InChI is InChI=1S/C15H23NO/c1-11-4-3-5-12(2)15(11)16-10-13-6-8-14(17)9-7-13/h6-9,11-12,15-17H,3-5,10H2,1-2H3. The Labute approximate surface area is 104 Å². The Morgan fingerprint density at radius 1 is 1.12 bits per heavy atom. The summed E-state index contributed by atoms with van der Waals surface area (Å²) in [4.78, 5) is 0. The van der Waals surface area contributed by atoms with E-state index in [1.54, 1.807) is 12.1 Å². The molecule has 0 aromatic heterocycles. The Morgan fingerprint density at radius 2 is 1.71 bits per heavy atom. The van der Waals surface area contributed by atoms with Gasteiger partial charge in [-0.25, -0.2) is 0 Å². The molecule has 1 aliphatic carbocycles. The zero-order valence-electron chi connectivity index (χ0n) is 10.8. The lowest BCUT2D eigenvalue weighted by Gasteiger charge is -2.35. The first-order chi connectivity index (χ1) is 8.16. The van der Waals surface area contributed by atoms with Crippen molar-refractivity contribution < 1.29 is 5.11 Å². The summed E-state index contributed by atoms with van der Waals surface area (Å²) in [5, 5.41) is 12.9. The Bertz CT molecular complexity index is 336. The first-order valence-electron chi connectivity index (χ1n) is 6.68. The van der Waals surface area contributed by atoms with Gasteiger partial charge >= 0.3 is 0 Å². The highest BCUT2D eigenvalue weighted by Gasteiger charge is 2.26. The molecule has 1 saturated carbocycles. The van der Waals surface area contributed by atoms with Crippen LogP contribution in [-0.4, -0.2) is 11.1 Å². The van der Waals surface area contributed by atoms with Gasteiger partial charge in [0.15, 0.2) is 0 Å². The number of rotatable bonds is 3. The number of phenols is 1. The van der Waals surface area contributed by atoms with Crippen LogP contribution in [0.25, 0.3) is 0 Å². The van der Waals surface area contributed by atoms with E-state index in [4.69, 9.17) is 0 Å². The highest BCUT2D eigenvalue weighted by atomic mass is 16.3. The lowest BCUT2D eigenvalue weighted by atomic mass is 9.78. The monoisotopic (exact) mass is 233 g/mol. The minimum atomic E-state index is 0.341. The van der Waals surface area contributed by atoms with Crippen molar-refractivity contribution in [1.82, 2.24) is 5.32 Å². The summed E-state index contributed by atoms with van der Waals surface area (Å²) in [6.45, 7) is 5.61. The van der Waals surface area contributed by atoms with Crippen LogP contribution in [0.4, 0.5) is 0 Å². The molecule has 0 bridgehead atoms. The van der Waals surface area contributed by atoms with Crippen molar-refractivity contribution in [2.24, 2.45) is 11.8 Å². The molecule has 2 unspecified atom stereocenters. The molecule has 17 heavy (non-hydrogen) atoms. The number of aromatic hydroxyl groups is 1. The van der Waals surface area contributed by atoms with E-state index in [1.165, 1.54) is 24.8 Å². The molecule has 94 valence electrons. The molecular weight excluding hydrogens is 210 g/mol. The fourth-order valence-electron chi connectivity index (χ4n) is 2.93.